The fraction of sp³-hybridized carbons (Fsp3) is 0.318. The third kappa shape index (κ3) is 3.50. The number of benzene rings is 2. The molecule has 3 rings (SSSR count). The van der Waals surface area contributed by atoms with E-state index in [9.17, 15) is 14.4 Å². The van der Waals surface area contributed by atoms with Crippen molar-refractivity contribution < 1.29 is 14.4 Å². The Labute approximate surface area is 159 Å². The number of amides is 3. The van der Waals surface area contributed by atoms with Gasteiger partial charge in [0.15, 0.2) is 0 Å². The van der Waals surface area contributed by atoms with Crippen molar-refractivity contribution in [3.63, 3.8) is 0 Å². The van der Waals surface area contributed by atoms with Crippen molar-refractivity contribution >= 4 is 23.4 Å². The van der Waals surface area contributed by atoms with Gasteiger partial charge in [-0.25, -0.2) is 4.90 Å². The average molecular weight is 364 g/mol. The monoisotopic (exact) mass is 364 g/mol. The maximum atomic E-state index is 13.3. The molecule has 27 heavy (non-hydrogen) atoms. The van der Waals surface area contributed by atoms with Gasteiger partial charge >= 0.3 is 0 Å². The van der Waals surface area contributed by atoms with Crippen LogP contribution in [0.15, 0.2) is 54.6 Å². The summed E-state index contributed by atoms with van der Waals surface area (Å²) in [6.45, 7) is 5.76. The molecule has 0 saturated carbocycles. The van der Waals surface area contributed by atoms with Gasteiger partial charge in [-0.3, -0.25) is 14.4 Å². The Bertz CT molecular complexity index is 863. The van der Waals surface area contributed by atoms with Crippen molar-refractivity contribution in [2.24, 2.45) is 0 Å². The molecule has 1 aliphatic heterocycles. The minimum absolute atomic E-state index is 0.00961. The van der Waals surface area contributed by atoms with E-state index >= 15 is 0 Å². The predicted octanol–water partition coefficient (Wildman–Crippen LogP) is 3.57. The van der Waals surface area contributed by atoms with Crippen LogP contribution in [-0.4, -0.2) is 34.7 Å². The molecule has 0 N–H and O–H groups in total. The summed E-state index contributed by atoms with van der Waals surface area (Å²) in [5, 5.41) is 0. The first-order valence-electron chi connectivity index (χ1n) is 9.25. The van der Waals surface area contributed by atoms with E-state index in [2.05, 4.69) is 0 Å². The van der Waals surface area contributed by atoms with Crippen LogP contribution in [0.2, 0.25) is 0 Å². The maximum Gasteiger partial charge on any atom is 0.257 e. The Balaban J connectivity index is 1.97. The molecule has 2 unspecified atom stereocenters. The first-order chi connectivity index (χ1) is 13.0. The maximum absolute atomic E-state index is 13.3. The highest BCUT2D eigenvalue weighted by Crippen LogP contribution is 2.28. The van der Waals surface area contributed by atoms with Gasteiger partial charge in [-0.15, -0.1) is 0 Å². The van der Waals surface area contributed by atoms with Crippen molar-refractivity contribution in [1.29, 1.82) is 0 Å². The Morgan fingerprint density at radius 1 is 1.11 bits per heavy atom. The zero-order valence-electron chi connectivity index (χ0n) is 15.9. The number of para-hydroxylation sites is 1. The van der Waals surface area contributed by atoms with Crippen molar-refractivity contribution in [2.75, 3.05) is 4.90 Å². The van der Waals surface area contributed by atoms with Crippen LogP contribution in [0, 0.1) is 6.92 Å². The highest BCUT2D eigenvalue weighted by molar-refractivity contribution is 6.23. The fourth-order valence-electron chi connectivity index (χ4n) is 3.48. The SMILES string of the molecule is CCC(C)N(C(=O)c1ccccc1C)C1CC(=O)N(c2ccccc2)C1=O. The minimum atomic E-state index is -0.778. The molecule has 3 amide bonds. The Kier molecular flexibility index (Phi) is 5.40. The number of nitrogens with zero attached hydrogens (tertiary/aromatic N) is 2. The highest BCUT2D eigenvalue weighted by Gasteiger charge is 2.45. The summed E-state index contributed by atoms with van der Waals surface area (Å²) in [7, 11) is 0. The van der Waals surface area contributed by atoms with Gasteiger partial charge in [-0.05, 0) is 44.0 Å². The molecule has 1 heterocycles. The molecular formula is C22H24N2O3. The molecule has 0 radical (unpaired) electrons. The van der Waals surface area contributed by atoms with Crippen LogP contribution in [-0.2, 0) is 9.59 Å². The van der Waals surface area contributed by atoms with Gasteiger partial charge in [0.1, 0.15) is 6.04 Å². The summed E-state index contributed by atoms with van der Waals surface area (Å²) < 4.78 is 0. The van der Waals surface area contributed by atoms with Gasteiger partial charge in [0.2, 0.25) is 5.91 Å². The average Bonchev–Trinajstić information content (AvgIpc) is 2.96. The number of hydrogen-bond donors (Lipinski definition) is 0. The smallest absolute Gasteiger partial charge is 0.257 e. The molecule has 2 atom stereocenters. The summed E-state index contributed by atoms with van der Waals surface area (Å²) in [5.74, 6) is -0.820. The minimum Gasteiger partial charge on any atom is -0.323 e. The summed E-state index contributed by atoms with van der Waals surface area (Å²) in [4.78, 5) is 41.8. The van der Waals surface area contributed by atoms with Crippen molar-refractivity contribution in [3.05, 3.63) is 65.7 Å². The fourth-order valence-corrected chi connectivity index (χ4v) is 3.48. The van der Waals surface area contributed by atoms with Gasteiger partial charge in [0, 0.05) is 11.6 Å². The van der Waals surface area contributed by atoms with E-state index in [0.717, 1.165) is 5.56 Å². The van der Waals surface area contributed by atoms with Gasteiger partial charge < -0.3 is 4.90 Å². The van der Waals surface area contributed by atoms with Gasteiger partial charge in [-0.1, -0.05) is 43.3 Å². The Morgan fingerprint density at radius 2 is 1.74 bits per heavy atom. The van der Waals surface area contributed by atoms with E-state index in [1.54, 1.807) is 35.2 Å². The molecule has 0 aliphatic carbocycles. The van der Waals surface area contributed by atoms with Crippen molar-refractivity contribution in [2.45, 2.75) is 45.7 Å². The second-order valence-electron chi connectivity index (χ2n) is 6.91. The van der Waals surface area contributed by atoms with E-state index in [1.807, 2.05) is 45.0 Å². The molecule has 1 aliphatic rings. The van der Waals surface area contributed by atoms with E-state index in [4.69, 9.17) is 0 Å². The van der Waals surface area contributed by atoms with Crippen LogP contribution < -0.4 is 4.90 Å². The lowest BCUT2D eigenvalue weighted by molar-refractivity contribution is -0.122. The second-order valence-corrected chi connectivity index (χ2v) is 6.91. The molecule has 0 aromatic heterocycles. The lowest BCUT2D eigenvalue weighted by Gasteiger charge is -2.33. The van der Waals surface area contributed by atoms with Crippen LogP contribution in [0.5, 0.6) is 0 Å². The standard InChI is InChI=1S/C22H24N2O3/c1-4-16(3)23(21(26)18-13-9-8-10-15(18)2)19-14-20(25)24(22(19)27)17-11-6-5-7-12-17/h5-13,16,19H,4,14H2,1-3H3. The second kappa shape index (κ2) is 7.74. The van der Waals surface area contributed by atoms with Gasteiger partial charge in [0.05, 0.1) is 12.1 Å². The third-order valence-corrected chi connectivity index (χ3v) is 5.15. The van der Waals surface area contributed by atoms with E-state index in [-0.39, 0.29) is 30.2 Å². The van der Waals surface area contributed by atoms with Crippen LogP contribution in [0.1, 0.15) is 42.6 Å². The molecule has 5 nitrogen and oxygen atoms in total. The third-order valence-electron chi connectivity index (χ3n) is 5.15. The number of rotatable bonds is 5. The van der Waals surface area contributed by atoms with Crippen LogP contribution in [0.25, 0.3) is 0 Å². The van der Waals surface area contributed by atoms with Crippen molar-refractivity contribution in [3.8, 4) is 0 Å². The number of imide groups is 1. The lowest BCUT2D eigenvalue weighted by Crippen LogP contribution is -2.49. The van der Waals surface area contributed by atoms with E-state index in [1.165, 1.54) is 4.90 Å². The van der Waals surface area contributed by atoms with E-state index < -0.39 is 6.04 Å². The van der Waals surface area contributed by atoms with Crippen LogP contribution >= 0.6 is 0 Å². The molecule has 140 valence electrons. The lowest BCUT2D eigenvalue weighted by atomic mass is 10.0. The van der Waals surface area contributed by atoms with Gasteiger partial charge in [-0.2, -0.15) is 0 Å². The normalized spacial score (nSPS) is 17.9. The number of hydrogen-bond acceptors (Lipinski definition) is 3. The number of carbonyl (C=O) groups is 3. The topological polar surface area (TPSA) is 57.7 Å². The first kappa shape index (κ1) is 18.8. The van der Waals surface area contributed by atoms with Crippen molar-refractivity contribution in [1.82, 2.24) is 4.90 Å². The summed E-state index contributed by atoms with van der Waals surface area (Å²) in [6, 6.07) is 15.3. The molecule has 5 heteroatoms. The Morgan fingerprint density at radius 3 is 2.37 bits per heavy atom. The summed E-state index contributed by atoms with van der Waals surface area (Å²) >= 11 is 0. The summed E-state index contributed by atoms with van der Waals surface area (Å²) in [6.07, 6.45) is 0.705. The molecular weight excluding hydrogens is 340 g/mol. The van der Waals surface area contributed by atoms with Crippen LogP contribution in [0.3, 0.4) is 0 Å². The zero-order valence-corrected chi connectivity index (χ0v) is 15.9. The van der Waals surface area contributed by atoms with Crippen LogP contribution in [0.4, 0.5) is 5.69 Å². The number of carbonyl (C=O) groups excluding carboxylic acids is 3. The summed E-state index contributed by atoms with van der Waals surface area (Å²) in [5.41, 5.74) is 1.96. The number of aryl methyl sites for hydroxylation is 1. The molecule has 0 bridgehead atoms. The van der Waals surface area contributed by atoms with E-state index in [0.29, 0.717) is 17.7 Å². The largest absolute Gasteiger partial charge is 0.323 e. The predicted molar refractivity (Wildman–Crippen MR) is 104 cm³/mol. The zero-order chi connectivity index (χ0) is 19.6. The molecule has 1 fully saturated rings. The van der Waals surface area contributed by atoms with Gasteiger partial charge in [0.25, 0.3) is 11.8 Å². The first-order valence-corrected chi connectivity index (χ1v) is 9.25. The Hall–Kier alpha value is -2.95. The highest BCUT2D eigenvalue weighted by atomic mass is 16.2. The molecule has 2 aromatic rings. The number of anilines is 1. The molecule has 0 spiro atoms. The molecule has 2 aromatic carbocycles. The quantitative estimate of drug-likeness (QED) is 0.762. The molecule has 1 saturated heterocycles.